The van der Waals surface area contributed by atoms with Crippen LogP contribution in [0.15, 0.2) is 18.9 Å². The first kappa shape index (κ1) is 19.0. The van der Waals surface area contributed by atoms with Gasteiger partial charge in [0.25, 0.3) is 5.91 Å². The van der Waals surface area contributed by atoms with E-state index in [1.165, 1.54) is 0 Å². The van der Waals surface area contributed by atoms with E-state index in [4.69, 9.17) is 4.74 Å². The van der Waals surface area contributed by atoms with E-state index in [9.17, 15) is 9.59 Å². The molecule has 1 aromatic rings. The molecule has 1 aromatic heterocycles. The van der Waals surface area contributed by atoms with Crippen molar-refractivity contribution in [3.63, 3.8) is 0 Å². The molecule has 0 saturated carbocycles. The summed E-state index contributed by atoms with van der Waals surface area (Å²) >= 11 is 0. The van der Waals surface area contributed by atoms with Crippen LogP contribution in [0, 0.1) is 0 Å². The van der Waals surface area contributed by atoms with Crippen LogP contribution in [0.3, 0.4) is 0 Å². The predicted octanol–water partition coefficient (Wildman–Crippen LogP) is 2.28. The Labute approximate surface area is 149 Å². The molecule has 138 valence electrons. The highest BCUT2D eigenvalue weighted by molar-refractivity contribution is 5.94. The summed E-state index contributed by atoms with van der Waals surface area (Å²) < 4.78 is 6.90. The van der Waals surface area contributed by atoms with Crippen molar-refractivity contribution in [2.75, 3.05) is 13.1 Å². The molecule has 0 aromatic carbocycles. The van der Waals surface area contributed by atoms with Gasteiger partial charge in [0.2, 0.25) is 0 Å². The molecular formula is C18H28N4O3. The summed E-state index contributed by atoms with van der Waals surface area (Å²) in [6.45, 7) is 10.3. The lowest BCUT2D eigenvalue weighted by atomic mass is 10.0. The first-order chi connectivity index (χ1) is 11.7. The number of ether oxygens (including phenoxy) is 1. The number of hydrogen-bond acceptors (Lipinski definition) is 4. The molecule has 0 aliphatic carbocycles. The van der Waals surface area contributed by atoms with E-state index in [-0.39, 0.29) is 11.9 Å². The smallest absolute Gasteiger partial charge is 0.407 e. The first-order valence-electron chi connectivity index (χ1n) is 8.62. The molecule has 1 fully saturated rings. The Morgan fingerprint density at radius 3 is 2.84 bits per heavy atom. The summed E-state index contributed by atoms with van der Waals surface area (Å²) in [5.74, 6) is -0.0625. The standard InChI is InChI=1S/C18H28N4O3/c1-6-8-13-11-19-21(5)15(13)16(23)22-10-7-9-14(12-22)20-17(24)25-18(2,3)4/h6,11,14H,1,7-10,12H2,2-5H3,(H,20,24). The molecule has 25 heavy (non-hydrogen) atoms. The maximum absolute atomic E-state index is 12.9. The van der Waals surface area contributed by atoms with Crippen molar-refractivity contribution in [3.8, 4) is 0 Å². The molecule has 1 atom stereocenters. The van der Waals surface area contributed by atoms with Gasteiger partial charge in [0, 0.05) is 31.7 Å². The number of piperidine rings is 1. The van der Waals surface area contributed by atoms with Crippen LogP contribution in [0.2, 0.25) is 0 Å². The Kier molecular flexibility index (Phi) is 5.87. The van der Waals surface area contributed by atoms with Crippen LogP contribution in [0.25, 0.3) is 0 Å². The first-order valence-corrected chi connectivity index (χ1v) is 8.62. The highest BCUT2D eigenvalue weighted by Crippen LogP contribution is 2.17. The molecule has 1 unspecified atom stereocenters. The molecule has 2 amide bonds. The summed E-state index contributed by atoms with van der Waals surface area (Å²) in [5, 5.41) is 7.06. The van der Waals surface area contributed by atoms with Gasteiger partial charge in [0.05, 0.1) is 6.20 Å². The molecule has 1 saturated heterocycles. The minimum atomic E-state index is -0.539. The van der Waals surface area contributed by atoms with Crippen LogP contribution in [0.1, 0.15) is 49.7 Å². The van der Waals surface area contributed by atoms with E-state index in [1.54, 1.807) is 28.9 Å². The van der Waals surface area contributed by atoms with E-state index in [2.05, 4.69) is 17.0 Å². The number of allylic oxidation sites excluding steroid dienone is 1. The summed E-state index contributed by atoms with van der Waals surface area (Å²) in [4.78, 5) is 26.7. The van der Waals surface area contributed by atoms with Crippen LogP contribution >= 0.6 is 0 Å². The zero-order valence-electron chi connectivity index (χ0n) is 15.5. The molecule has 0 bridgehead atoms. The fourth-order valence-electron chi connectivity index (χ4n) is 2.97. The van der Waals surface area contributed by atoms with Crippen molar-refractivity contribution in [2.45, 2.75) is 51.7 Å². The van der Waals surface area contributed by atoms with E-state index in [1.807, 2.05) is 20.8 Å². The van der Waals surface area contributed by atoms with E-state index in [0.717, 1.165) is 18.4 Å². The normalized spacial score (nSPS) is 17.9. The van der Waals surface area contributed by atoms with Gasteiger partial charge in [-0.2, -0.15) is 5.10 Å². The van der Waals surface area contributed by atoms with Crippen molar-refractivity contribution in [1.29, 1.82) is 0 Å². The number of nitrogens with zero attached hydrogens (tertiary/aromatic N) is 3. The van der Waals surface area contributed by atoms with Crippen molar-refractivity contribution in [2.24, 2.45) is 7.05 Å². The molecule has 1 aliphatic rings. The van der Waals surface area contributed by atoms with Gasteiger partial charge < -0.3 is 15.0 Å². The van der Waals surface area contributed by atoms with Gasteiger partial charge >= 0.3 is 6.09 Å². The second-order valence-electron chi connectivity index (χ2n) is 7.37. The number of rotatable bonds is 4. The summed E-state index contributed by atoms with van der Waals surface area (Å²) in [6, 6.07) is -0.108. The number of carbonyl (C=O) groups is 2. The van der Waals surface area contributed by atoms with Gasteiger partial charge in [-0.25, -0.2) is 4.79 Å². The van der Waals surface area contributed by atoms with Crippen LogP contribution < -0.4 is 5.32 Å². The number of likely N-dealkylation sites (tertiary alicyclic amines) is 1. The SMILES string of the molecule is C=CCc1cnn(C)c1C(=O)N1CCCC(NC(=O)OC(C)(C)C)C1. The molecule has 0 radical (unpaired) electrons. The molecule has 7 heteroatoms. The van der Waals surface area contributed by atoms with Crippen LogP contribution in [0.5, 0.6) is 0 Å². The lowest BCUT2D eigenvalue weighted by molar-refractivity contribution is 0.0450. The maximum atomic E-state index is 12.9. The van der Waals surface area contributed by atoms with Gasteiger partial charge in [0.15, 0.2) is 0 Å². The molecule has 2 rings (SSSR count). The van der Waals surface area contributed by atoms with Crippen LogP contribution in [-0.2, 0) is 18.2 Å². The quantitative estimate of drug-likeness (QED) is 0.847. The summed E-state index contributed by atoms with van der Waals surface area (Å²) in [7, 11) is 1.76. The lowest BCUT2D eigenvalue weighted by Gasteiger charge is -2.33. The zero-order valence-corrected chi connectivity index (χ0v) is 15.5. The molecular weight excluding hydrogens is 320 g/mol. The highest BCUT2D eigenvalue weighted by Gasteiger charge is 2.29. The molecule has 1 N–H and O–H groups in total. The van der Waals surface area contributed by atoms with E-state index >= 15 is 0 Å². The van der Waals surface area contributed by atoms with Crippen molar-refractivity contribution < 1.29 is 14.3 Å². The average Bonchev–Trinajstić information content (AvgIpc) is 2.86. The number of hydrogen-bond donors (Lipinski definition) is 1. The van der Waals surface area contributed by atoms with Gasteiger partial charge in [-0.05, 0) is 40.0 Å². The Morgan fingerprint density at radius 2 is 2.20 bits per heavy atom. The van der Waals surface area contributed by atoms with Crippen molar-refractivity contribution >= 4 is 12.0 Å². The fourth-order valence-corrected chi connectivity index (χ4v) is 2.97. The minimum Gasteiger partial charge on any atom is -0.444 e. The number of alkyl carbamates (subject to hydrolysis) is 1. The van der Waals surface area contributed by atoms with E-state index in [0.29, 0.717) is 25.2 Å². The third-order valence-corrected chi connectivity index (χ3v) is 4.01. The van der Waals surface area contributed by atoms with Gasteiger partial charge in [0.1, 0.15) is 11.3 Å². The second-order valence-corrected chi connectivity index (χ2v) is 7.37. The van der Waals surface area contributed by atoms with Gasteiger partial charge in [-0.15, -0.1) is 6.58 Å². The lowest BCUT2D eigenvalue weighted by Crippen LogP contribution is -2.50. The van der Waals surface area contributed by atoms with Gasteiger partial charge in [-0.3, -0.25) is 9.48 Å². The predicted molar refractivity (Wildman–Crippen MR) is 95.4 cm³/mol. The van der Waals surface area contributed by atoms with Crippen molar-refractivity contribution in [3.05, 3.63) is 30.1 Å². The average molecular weight is 348 g/mol. The Morgan fingerprint density at radius 1 is 1.48 bits per heavy atom. The fraction of sp³-hybridized carbons (Fsp3) is 0.611. The van der Waals surface area contributed by atoms with Crippen molar-refractivity contribution in [1.82, 2.24) is 20.0 Å². The summed E-state index contributed by atoms with van der Waals surface area (Å²) in [6.07, 6.45) is 5.28. The molecule has 0 spiro atoms. The number of nitrogens with one attached hydrogen (secondary N) is 1. The number of aryl methyl sites for hydroxylation is 1. The highest BCUT2D eigenvalue weighted by atomic mass is 16.6. The Balaban J connectivity index is 2.03. The Hall–Kier alpha value is -2.31. The van der Waals surface area contributed by atoms with Crippen LogP contribution in [0.4, 0.5) is 4.79 Å². The molecule has 2 heterocycles. The molecule has 1 aliphatic heterocycles. The van der Waals surface area contributed by atoms with Crippen LogP contribution in [-0.4, -0.2) is 51.4 Å². The van der Waals surface area contributed by atoms with E-state index < -0.39 is 11.7 Å². The summed E-state index contributed by atoms with van der Waals surface area (Å²) in [5.41, 5.74) is 0.908. The minimum absolute atomic E-state index is 0.0625. The Bertz CT molecular complexity index is 645. The third kappa shape index (κ3) is 5.08. The number of carbonyl (C=O) groups excluding carboxylic acids is 2. The molecule has 7 nitrogen and oxygen atoms in total. The largest absolute Gasteiger partial charge is 0.444 e. The number of amides is 2. The monoisotopic (exact) mass is 348 g/mol. The van der Waals surface area contributed by atoms with Gasteiger partial charge in [-0.1, -0.05) is 6.08 Å². The maximum Gasteiger partial charge on any atom is 0.407 e. The number of aromatic nitrogens is 2. The topological polar surface area (TPSA) is 76.5 Å². The second kappa shape index (κ2) is 7.72. The zero-order chi connectivity index (χ0) is 18.6. The third-order valence-electron chi connectivity index (χ3n) is 4.01.